The third-order valence-electron chi connectivity index (χ3n) is 3.23. The molecule has 2 rings (SSSR count). The fourth-order valence-electron chi connectivity index (χ4n) is 2.15. The van der Waals surface area contributed by atoms with Crippen LogP contribution in [0.3, 0.4) is 0 Å². The predicted octanol–water partition coefficient (Wildman–Crippen LogP) is 4.64. The molecule has 1 aromatic heterocycles. The second-order valence-corrected chi connectivity index (χ2v) is 5.63. The molecule has 0 aliphatic rings. The van der Waals surface area contributed by atoms with Crippen molar-refractivity contribution in [3.63, 3.8) is 0 Å². The molecule has 0 amide bonds. The molecule has 102 valence electrons. The van der Waals surface area contributed by atoms with Crippen molar-refractivity contribution in [3.05, 3.63) is 40.1 Å². The lowest BCUT2D eigenvalue weighted by atomic mass is 10.0. The summed E-state index contributed by atoms with van der Waals surface area (Å²) in [7, 11) is 1.66. The van der Waals surface area contributed by atoms with Crippen LogP contribution < -0.4 is 5.73 Å². The summed E-state index contributed by atoms with van der Waals surface area (Å²) >= 11 is 1.56. The van der Waals surface area contributed by atoms with Crippen molar-refractivity contribution < 1.29 is 0 Å². The summed E-state index contributed by atoms with van der Waals surface area (Å²) in [5, 5.41) is 1.01. The van der Waals surface area contributed by atoms with Crippen LogP contribution in [0.15, 0.2) is 29.8 Å². The second-order valence-electron chi connectivity index (χ2n) is 4.58. The highest BCUT2D eigenvalue weighted by Gasteiger charge is 2.22. The van der Waals surface area contributed by atoms with Crippen LogP contribution in [0, 0.1) is 6.57 Å². The standard InChI is InChI=1S/C16H18N3S/c1-5-6-10(2)11-7-8-12-13(9-11)20-15(14(12)18-3)16(17)19-4/h3,7-9H,2,5-6H2,1,4H3,(H2,17,19)/q+1. The van der Waals surface area contributed by atoms with Gasteiger partial charge in [0.1, 0.15) is 5.84 Å². The Bertz CT molecular complexity index is 732. The minimum absolute atomic E-state index is 0.462. The number of hydrogen-bond acceptors (Lipinski definition) is 2. The quantitative estimate of drug-likeness (QED) is 0.645. The molecule has 0 bridgehead atoms. The van der Waals surface area contributed by atoms with Crippen LogP contribution in [0.5, 0.6) is 0 Å². The van der Waals surface area contributed by atoms with E-state index in [0.717, 1.165) is 38.9 Å². The highest BCUT2D eigenvalue weighted by Crippen LogP contribution is 2.39. The van der Waals surface area contributed by atoms with Gasteiger partial charge in [0.25, 0.3) is 6.57 Å². The number of fused-ring (bicyclic) bond motifs is 1. The van der Waals surface area contributed by atoms with E-state index in [0.29, 0.717) is 11.5 Å². The predicted molar refractivity (Wildman–Crippen MR) is 90.4 cm³/mol. The average molecular weight is 284 g/mol. The van der Waals surface area contributed by atoms with Crippen LogP contribution >= 0.6 is 11.3 Å². The lowest BCUT2D eigenvalue weighted by Gasteiger charge is -2.03. The zero-order valence-electron chi connectivity index (χ0n) is 11.8. The van der Waals surface area contributed by atoms with Gasteiger partial charge >= 0.3 is 5.69 Å². The zero-order valence-corrected chi connectivity index (χ0v) is 12.6. The number of amidine groups is 1. The van der Waals surface area contributed by atoms with Gasteiger partial charge in [0, 0.05) is 11.7 Å². The van der Waals surface area contributed by atoms with Crippen LogP contribution in [0.2, 0.25) is 0 Å². The van der Waals surface area contributed by atoms with Crippen molar-refractivity contribution in [1.29, 1.82) is 0 Å². The molecule has 0 atom stereocenters. The van der Waals surface area contributed by atoms with Crippen molar-refractivity contribution in [2.24, 2.45) is 10.7 Å². The van der Waals surface area contributed by atoms with Gasteiger partial charge in [-0.15, -0.1) is 11.3 Å². The van der Waals surface area contributed by atoms with Crippen molar-refractivity contribution in [2.75, 3.05) is 7.05 Å². The van der Waals surface area contributed by atoms with Gasteiger partial charge in [-0.2, -0.15) is 0 Å². The highest BCUT2D eigenvalue weighted by molar-refractivity contribution is 7.21. The molecule has 0 aliphatic carbocycles. The average Bonchev–Trinajstić information content (AvgIpc) is 2.84. The summed E-state index contributed by atoms with van der Waals surface area (Å²) < 4.78 is 1.10. The molecule has 1 aromatic carbocycles. The Morgan fingerprint density at radius 2 is 2.25 bits per heavy atom. The fraction of sp³-hybridized carbons (Fsp3) is 0.250. The zero-order chi connectivity index (χ0) is 14.7. The summed E-state index contributed by atoms with van der Waals surface area (Å²) in [6.07, 6.45) is 2.09. The van der Waals surface area contributed by atoms with E-state index in [1.54, 1.807) is 18.4 Å². The number of rotatable bonds is 4. The molecule has 20 heavy (non-hydrogen) atoms. The summed E-state index contributed by atoms with van der Waals surface area (Å²) in [4.78, 5) is 8.71. The van der Waals surface area contributed by atoms with E-state index < -0.39 is 0 Å². The van der Waals surface area contributed by atoms with E-state index in [1.165, 1.54) is 0 Å². The van der Waals surface area contributed by atoms with Crippen molar-refractivity contribution >= 4 is 38.5 Å². The maximum atomic E-state index is 5.91. The van der Waals surface area contributed by atoms with E-state index in [4.69, 9.17) is 12.3 Å². The van der Waals surface area contributed by atoms with E-state index >= 15 is 0 Å². The van der Waals surface area contributed by atoms with Crippen molar-refractivity contribution in [1.82, 2.24) is 0 Å². The molecule has 2 aromatic rings. The van der Waals surface area contributed by atoms with Gasteiger partial charge in [0.15, 0.2) is 4.88 Å². The lowest BCUT2D eigenvalue weighted by Crippen LogP contribution is -2.10. The Morgan fingerprint density at radius 3 is 2.85 bits per heavy atom. The number of allylic oxidation sites excluding steroid dienone is 1. The molecule has 0 radical (unpaired) electrons. The van der Waals surface area contributed by atoms with E-state index in [-0.39, 0.29) is 0 Å². The Hall–Kier alpha value is -2.12. The number of aliphatic imine (C=N–C) groups is 1. The fourth-order valence-corrected chi connectivity index (χ4v) is 3.29. The number of hydrogen-bond donors (Lipinski definition) is 1. The molecule has 3 nitrogen and oxygen atoms in total. The third kappa shape index (κ3) is 2.45. The molecule has 1 heterocycles. The first kappa shape index (κ1) is 14.3. The summed E-state index contributed by atoms with van der Waals surface area (Å²) in [5.41, 5.74) is 8.92. The molecule has 0 saturated carbocycles. The van der Waals surface area contributed by atoms with Crippen LogP contribution in [0.1, 0.15) is 30.2 Å². The Morgan fingerprint density at radius 1 is 1.50 bits per heavy atom. The minimum Gasteiger partial charge on any atom is -0.383 e. The maximum Gasteiger partial charge on any atom is 0.369 e. The van der Waals surface area contributed by atoms with E-state index in [1.807, 2.05) is 6.07 Å². The van der Waals surface area contributed by atoms with Crippen molar-refractivity contribution in [2.45, 2.75) is 19.8 Å². The maximum absolute atomic E-state index is 5.91. The highest BCUT2D eigenvalue weighted by atomic mass is 32.1. The summed E-state index contributed by atoms with van der Waals surface area (Å²) in [6, 6.07) is 6.21. The first-order chi connectivity index (χ1) is 9.62. The first-order valence-electron chi connectivity index (χ1n) is 6.50. The minimum atomic E-state index is 0.462. The van der Waals surface area contributed by atoms with Gasteiger partial charge in [-0.3, -0.25) is 4.99 Å². The van der Waals surface area contributed by atoms with E-state index in [2.05, 4.69) is 35.5 Å². The number of thiophene rings is 1. The van der Waals surface area contributed by atoms with E-state index in [9.17, 15) is 0 Å². The Balaban J connectivity index is 2.61. The third-order valence-corrected chi connectivity index (χ3v) is 4.39. The smallest absolute Gasteiger partial charge is 0.369 e. The SMILES string of the molecule is C#[N+]c1c(C(N)=NC)sc2cc(C(=C)CCC)ccc12. The van der Waals surface area contributed by atoms with Crippen LogP contribution in [0.25, 0.3) is 20.5 Å². The molecule has 2 N–H and O–H groups in total. The monoisotopic (exact) mass is 284 g/mol. The molecule has 4 heteroatoms. The van der Waals surface area contributed by atoms with Gasteiger partial charge in [0.2, 0.25) is 0 Å². The molecule has 0 aliphatic heterocycles. The molecule has 0 saturated heterocycles. The normalized spacial score (nSPS) is 11.6. The summed E-state index contributed by atoms with van der Waals surface area (Å²) in [6.45, 7) is 11.8. The largest absolute Gasteiger partial charge is 0.383 e. The van der Waals surface area contributed by atoms with Gasteiger partial charge < -0.3 is 5.73 Å². The molecule has 0 fully saturated rings. The topological polar surface area (TPSA) is 42.7 Å². The van der Waals surface area contributed by atoms with Crippen molar-refractivity contribution in [3.8, 4) is 6.57 Å². The molecule has 0 spiro atoms. The number of nitrogens with two attached hydrogens (primary N) is 1. The lowest BCUT2D eigenvalue weighted by molar-refractivity contribution is 0.976. The van der Waals surface area contributed by atoms with Crippen LogP contribution in [0.4, 0.5) is 5.69 Å². The first-order valence-corrected chi connectivity index (χ1v) is 7.32. The van der Waals surface area contributed by atoms with Gasteiger partial charge in [-0.25, -0.2) is 0 Å². The Labute approximate surface area is 123 Å². The molecular weight excluding hydrogens is 266 g/mol. The molecule has 0 unspecified atom stereocenters. The Kier molecular flexibility index (Phi) is 4.21. The van der Waals surface area contributed by atoms with Crippen LogP contribution in [-0.2, 0) is 0 Å². The number of nitrogens with zero attached hydrogens (tertiary/aromatic N) is 2. The van der Waals surface area contributed by atoms with Crippen LogP contribution in [-0.4, -0.2) is 12.9 Å². The van der Waals surface area contributed by atoms with Gasteiger partial charge in [0.05, 0.1) is 5.39 Å². The number of benzene rings is 1. The summed E-state index contributed by atoms with van der Waals surface area (Å²) in [5.74, 6) is 0.462. The van der Waals surface area contributed by atoms with Gasteiger partial charge in [-0.05, 0) is 34.5 Å². The van der Waals surface area contributed by atoms with Gasteiger partial charge in [-0.1, -0.05) is 26.0 Å². The second kappa shape index (κ2) is 5.89. The molecular formula is C16H18N3S+.